The van der Waals surface area contributed by atoms with E-state index in [1.807, 2.05) is 0 Å². The number of carbonyl (C=O) groups is 4. The van der Waals surface area contributed by atoms with E-state index in [-0.39, 0.29) is 18.1 Å². The van der Waals surface area contributed by atoms with Gasteiger partial charge in [0.15, 0.2) is 0 Å². The van der Waals surface area contributed by atoms with Crippen molar-refractivity contribution in [2.75, 3.05) is 12.3 Å². The fraction of sp³-hybridized carbons (Fsp3) is 0.789. The molecule has 0 aliphatic heterocycles. The lowest BCUT2D eigenvalue weighted by Crippen LogP contribution is -2.60. The highest BCUT2D eigenvalue weighted by atomic mass is 32.1. The SMILES string of the molecule is CCC(C)C(NC(=O)C(CCCCN)NC(=O)C(NC(=O)C(N)CS)C(C)O)C(=O)O. The third-order valence-electron chi connectivity index (χ3n) is 4.95. The molecule has 0 aromatic carbocycles. The van der Waals surface area contributed by atoms with E-state index in [4.69, 9.17) is 11.5 Å². The number of carboxylic acids is 1. The summed E-state index contributed by atoms with van der Waals surface area (Å²) in [5.74, 6) is -3.60. The molecule has 0 spiro atoms. The summed E-state index contributed by atoms with van der Waals surface area (Å²) in [6, 6.07) is -4.52. The van der Waals surface area contributed by atoms with Gasteiger partial charge < -0.3 is 37.6 Å². The molecule has 6 atom stereocenters. The maximum atomic E-state index is 12.8. The molecular formula is C19H37N5O6S. The van der Waals surface area contributed by atoms with Crippen LogP contribution in [0.3, 0.4) is 0 Å². The molecule has 0 aliphatic carbocycles. The molecule has 0 radical (unpaired) electrons. The van der Waals surface area contributed by atoms with E-state index in [1.54, 1.807) is 13.8 Å². The van der Waals surface area contributed by atoms with E-state index in [1.165, 1.54) is 6.92 Å². The molecule has 0 rings (SSSR count). The Bertz CT molecular complexity index is 606. The second-order valence-corrected chi connectivity index (χ2v) is 7.94. The van der Waals surface area contributed by atoms with Gasteiger partial charge in [0.1, 0.15) is 18.1 Å². The van der Waals surface area contributed by atoms with Crippen molar-refractivity contribution in [3.63, 3.8) is 0 Å². The van der Waals surface area contributed by atoms with Gasteiger partial charge in [-0.1, -0.05) is 20.3 Å². The summed E-state index contributed by atoms with van der Waals surface area (Å²) >= 11 is 3.92. The number of aliphatic hydroxyl groups excluding tert-OH is 1. The number of unbranched alkanes of at least 4 members (excludes halogenated alkanes) is 1. The minimum absolute atomic E-state index is 0.0380. The highest BCUT2D eigenvalue weighted by Crippen LogP contribution is 2.10. The highest BCUT2D eigenvalue weighted by molar-refractivity contribution is 7.80. The van der Waals surface area contributed by atoms with Crippen LogP contribution in [-0.4, -0.2) is 76.5 Å². The van der Waals surface area contributed by atoms with E-state index < -0.39 is 54.0 Å². The fourth-order valence-electron chi connectivity index (χ4n) is 2.71. The Hall–Kier alpha value is -1.89. The van der Waals surface area contributed by atoms with Crippen molar-refractivity contribution in [2.24, 2.45) is 17.4 Å². The first-order chi connectivity index (χ1) is 14.5. The van der Waals surface area contributed by atoms with Crippen molar-refractivity contribution in [1.29, 1.82) is 0 Å². The molecule has 3 amide bonds. The Balaban J connectivity index is 5.45. The molecule has 0 aliphatic rings. The Morgan fingerprint density at radius 2 is 1.55 bits per heavy atom. The van der Waals surface area contributed by atoms with Crippen LogP contribution in [0.2, 0.25) is 0 Å². The molecule has 0 aromatic rings. The van der Waals surface area contributed by atoms with Crippen LogP contribution in [0.5, 0.6) is 0 Å². The summed E-state index contributed by atoms with van der Waals surface area (Å²) in [6.45, 7) is 5.20. The van der Waals surface area contributed by atoms with Crippen molar-refractivity contribution in [3.05, 3.63) is 0 Å². The quantitative estimate of drug-likeness (QED) is 0.104. The smallest absolute Gasteiger partial charge is 0.326 e. The number of thiol groups is 1. The topological polar surface area (TPSA) is 197 Å². The van der Waals surface area contributed by atoms with E-state index in [2.05, 4.69) is 28.6 Å². The molecule has 0 fully saturated rings. The average Bonchev–Trinajstić information content (AvgIpc) is 2.72. The van der Waals surface area contributed by atoms with Crippen LogP contribution >= 0.6 is 12.6 Å². The van der Waals surface area contributed by atoms with Crippen LogP contribution < -0.4 is 27.4 Å². The summed E-state index contributed by atoms with van der Waals surface area (Å²) in [5.41, 5.74) is 11.1. The Morgan fingerprint density at radius 3 is 2.00 bits per heavy atom. The number of carbonyl (C=O) groups excluding carboxylic acids is 3. The number of aliphatic carboxylic acids is 1. The van der Waals surface area contributed by atoms with E-state index in [0.29, 0.717) is 25.8 Å². The van der Waals surface area contributed by atoms with Gasteiger partial charge in [-0.05, 0) is 38.6 Å². The number of hydrogen-bond acceptors (Lipinski definition) is 8. The number of nitrogens with two attached hydrogens (primary N) is 2. The lowest BCUT2D eigenvalue weighted by Gasteiger charge is -2.27. The first kappa shape index (κ1) is 29.1. The monoisotopic (exact) mass is 463 g/mol. The van der Waals surface area contributed by atoms with Crippen molar-refractivity contribution < 1.29 is 29.4 Å². The summed E-state index contributed by atoms with van der Waals surface area (Å²) in [7, 11) is 0. The lowest BCUT2D eigenvalue weighted by molar-refractivity contribution is -0.144. The van der Waals surface area contributed by atoms with Crippen LogP contribution in [0.4, 0.5) is 0 Å². The molecule has 11 nitrogen and oxygen atoms in total. The van der Waals surface area contributed by atoms with Gasteiger partial charge in [-0.15, -0.1) is 0 Å². The van der Waals surface area contributed by atoms with Crippen LogP contribution in [0.15, 0.2) is 0 Å². The zero-order valence-corrected chi connectivity index (χ0v) is 19.2. The maximum absolute atomic E-state index is 12.8. The number of carboxylic acid groups (broad SMARTS) is 1. The van der Waals surface area contributed by atoms with Crippen LogP contribution in [0, 0.1) is 5.92 Å². The third-order valence-corrected chi connectivity index (χ3v) is 5.35. The average molecular weight is 464 g/mol. The number of hydrogen-bond donors (Lipinski definition) is 8. The van der Waals surface area contributed by atoms with Crippen LogP contribution in [0.25, 0.3) is 0 Å². The molecule has 180 valence electrons. The van der Waals surface area contributed by atoms with Gasteiger partial charge in [0.2, 0.25) is 17.7 Å². The summed E-state index contributed by atoms with van der Waals surface area (Å²) in [4.78, 5) is 49.1. The zero-order chi connectivity index (χ0) is 24.1. The summed E-state index contributed by atoms with van der Waals surface area (Å²) < 4.78 is 0. The zero-order valence-electron chi connectivity index (χ0n) is 18.3. The van der Waals surface area contributed by atoms with Crippen LogP contribution in [-0.2, 0) is 19.2 Å². The minimum atomic E-state index is -1.35. The molecule has 0 bridgehead atoms. The van der Waals surface area contributed by atoms with Crippen molar-refractivity contribution in [3.8, 4) is 0 Å². The number of nitrogens with one attached hydrogen (secondary N) is 3. The molecule has 0 aromatic heterocycles. The summed E-state index contributed by atoms with van der Waals surface area (Å²) in [5, 5.41) is 26.7. The largest absolute Gasteiger partial charge is 0.480 e. The van der Waals surface area contributed by atoms with Crippen molar-refractivity contribution in [1.82, 2.24) is 16.0 Å². The molecular weight excluding hydrogens is 426 g/mol. The normalized spacial score (nSPS) is 16.9. The van der Waals surface area contributed by atoms with E-state index >= 15 is 0 Å². The van der Waals surface area contributed by atoms with Gasteiger partial charge in [-0.3, -0.25) is 14.4 Å². The van der Waals surface area contributed by atoms with Crippen molar-refractivity contribution >= 4 is 36.3 Å². The standard InChI is InChI=1S/C19H37N5O6S/c1-4-10(2)14(19(29)30)23-17(27)13(7-5-6-8-20)22-18(28)15(11(3)25)24-16(26)12(21)9-31/h10-15,25,31H,4-9,20-21H2,1-3H3,(H,22,28)(H,23,27)(H,24,26)(H,29,30). The Kier molecular flexibility index (Phi) is 14.1. The van der Waals surface area contributed by atoms with Crippen LogP contribution in [0.1, 0.15) is 46.5 Å². The number of aliphatic hydroxyl groups is 1. The first-order valence-electron chi connectivity index (χ1n) is 10.4. The number of rotatable bonds is 15. The van der Waals surface area contributed by atoms with Gasteiger partial charge in [0, 0.05) is 5.75 Å². The fourth-order valence-corrected chi connectivity index (χ4v) is 2.87. The molecule has 31 heavy (non-hydrogen) atoms. The number of amides is 3. The maximum Gasteiger partial charge on any atom is 0.326 e. The van der Waals surface area contributed by atoms with Gasteiger partial charge in [-0.25, -0.2) is 4.79 Å². The van der Waals surface area contributed by atoms with E-state index in [9.17, 15) is 29.4 Å². The van der Waals surface area contributed by atoms with Crippen molar-refractivity contribution in [2.45, 2.75) is 76.7 Å². The Morgan fingerprint density at radius 1 is 0.968 bits per heavy atom. The molecule has 0 heterocycles. The van der Waals surface area contributed by atoms with Gasteiger partial charge in [0.25, 0.3) is 0 Å². The second-order valence-electron chi connectivity index (χ2n) is 7.57. The molecule has 0 saturated carbocycles. The summed E-state index contributed by atoms with van der Waals surface area (Å²) in [6.07, 6.45) is 0.574. The third kappa shape index (κ3) is 10.3. The highest BCUT2D eigenvalue weighted by Gasteiger charge is 2.33. The first-order valence-corrected chi connectivity index (χ1v) is 11.0. The second kappa shape index (κ2) is 15.0. The Labute approximate surface area is 188 Å². The molecule has 9 N–H and O–H groups in total. The van der Waals surface area contributed by atoms with Gasteiger partial charge >= 0.3 is 5.97 Å². The molecule has 0 saturated heterocycles. The van der Waals surface area contributed by atoms with E-state index in [0.717, 1.165) is 0 Å². The predicted molar refractivity (Wildman–Crippen MR) is 119 cm³/mol. The van der Waals surface area contributed by atoms with Gasteiger partial charge in [-0.2, -0.15) is 12.6 Å². The minimum Gasteiger partial charge on any atom is -0.480 e. The van der Waals surface area contributed by atoms with Gasteiger partial charge in [0.05, 0.1) is 12.1 Å². The lowest BCUT2D eigenvalue weighted by atomic mass is 9.98. The molecule has 12 heteroatoms. The predicted octanol–water partition coefficient (Wildman–Crippen LogP) is -1.66. The molecule has 6 unspecified atom stereocenters.